The van der Waals surface area contributed by atoms with E-state index in [4.69, 9.17) is 27.9 Å². The van der Waals surface area contributed by atoms with E-state index in [1.807, 2.05) is 30.3 Å². The average molecular weight is 678 g/mol. The molecule has 1 aliphatic rings. The van der Waals surface area contributed by atoms with Gasteiger partial charge in [0, 0.05) is 46.7 Å². The van der Waals surface area contributed by atoms with Crippen LogP contribution in [0.4, 0.5) is 11.4 Å². The first-order valence-electron chi connectivity index (χ1n) is 14.3. The predicted octanol–water partition coefficient (Wildman–Crippen LogP) is 5.38. The van der Waals surface area contributed by atoms with Gasteiger partial charge in [-0.2, -0.15) is 0 Å². The Morgan fingerprint density at radius 2 is 1.69 bits per heavy atom. The number of halogens is 2. The standard InChI is InChI=1S/C31H34Cl2N4O7S/c1-44-29-16-15-23(37(40)41)18-27(29)36(45(2,42)43)20-30(38)35(19-24-25(32)13-8-14-26(24)33)28(17-21-9-4-3-5-10-21)31(39)34-22-11-6-7-12-22/h3-5,8-10,13-16,18,22,28H,6-7,11-12,17,19-20H2,1-2H3,(H,34,39)/t28-/m1/s1. The summed E-state index contributed by atoms with van der Waals surface area (Å²) in [4.78, 5) is 40.5. The van der Waals surface area contributed by atoms with Crippen molar-refractivity contribution in [3.05, 3.63) is 98.0 Å². The van der Waals surface area contributed by atoms with Gasteiger partial charge in [0.05, 0.1) is 18.3 Å². The normalized spacial score (nSPS) is 14.0. The highest BCUT2D eigenvalue weighted by atomic mass is 35.5. The minimum atomic E-state index is -4.20. The summed E-state index contributed by atoms with van der Waals surface area (Å²) in [6.45, 7) is -1.00. The Labute approximate surface area is 272 Å². The van der Waals surface area contributed by atoms with Gasteiger partial charge < -0.3 is 15.0 Å². The molecule has 11 nitrogen and oxygen atoms in total. The van der Waals surface area contributed by atoms with Crippen LogP contribution < -0.4 is 14.4 Å². The fourth-order valence-electron chi connectivity index (χ4n) is 5.36. The highest BCUT2D eigenvalue weighted by molar-refractivity contribution is 7.92. The number of carbonyl (C=O) groups is 2. The van der Waals surface area contributed by atoms with E-state index in [1.54, 1.807) is 18.2 Å². The number of amides is 2. The number of nitrogens with one attached hydrogen (secondary N) is 1. The van der Waals surface area contributed by atoms with Crippen molar-refractivity contribution >= 4 is 56.4 Å². The summed E-state index contributed by atoms with van der Waals surface area (Å²) in [5, 5.41) is 15.2. The van der Waals surface area contributed by atoms with E-state index >= 15 is 0 Å². The molecule has 4 rings (SSSR count). The number of nitro groups is 1. The van der Waals surface area contributed by atoms with Crippen molar-refractivity contribution in [3.63, 3.8) is 0 Å². The Morgan fingerprint density at radius 1 is 1.04 bits per heavy atom. The molecule has 0 radical (unpaired) electrons. The molecule has 0 aromatic heterocycles. The zero-order valence-electron chi connectivity index (χ0n) is 24.8. The molecule has 240 valence electrons. The van der Waals surface area contributed by atoms with E-state index in [2.05, 4.69) is 5.32 Å². The van der Waals surface area contributed by atoms with Gasteiger partial charge in [-0.15, -0.1) is 0 Å². The summed E-state index contributed by atoms with van der Waals surface area (Å²) in [5.41, 5.74) is 0.546. The van der Waals surface area contributed by atoms with E-state index in [0.717, 1.165) is 47.9 Å². The van der Waals surface area contributed by atoms with E-state index < -0.39 is 45.0 Å². The zero-order chi connectivity index (χ0) is 32.7. The lowest BCUT2D eigenvalue weighted by molar-refractivity contribution is -0.384. The number of ether oxygens (including phenoxy) is 1. The maximum Gasteiger partial charge on any atom is 0.271 e. The first-order valence-corrected chi connectivity index (χ1v) is 16.9. The van der Waals surface area contributed by atoms with Crippen LogP contribution in [0.1, 0.15) is 36.8 Å². The summed E-state index contributed by atoms with van der Waals surface area (Å²) < 4.78 is 32.3. The van der Waals surface area contributed by atoms with Crippen LogP contribution in [0.25, 0.3) is 0 Å². The number of sulfonamides is 1. The van der Waals surface area contributed by atoms with Crippen molar-refractivity contribution in [3.8, 4) is 5.75 Å². The van der Waals surface area contributed by atoms with Crippen LogP contribution in [0.5, 0.6) is 5.75 Å². The van der Waals surface area contributed by atoms with Gasteiger partial charge in [0.25, 0.3) is 5.69 Å². The molecule has 1 atom stereocenters. The molecule has 3 aromatic rings. The molecule has 1 N–H and O–H groups in total. The van der Waals surface area contributed by atoms with Gasteiger partial charge in [-0.1, -0.05) is 72.4 Å². The van der Waals surface area contributed by atoms with Crippen LogP contribution in [0, 0.1) is 10.1 Å². The number of nitro benzene ring substituents is 1. The van der Waals surface area contributed by atoms with Gasteiger partial charge in [0.1, 0.15) is 24.0 Å². The molecular weight excluding hydrogens is 643 g/mol. The second-order valence-electron chi connectivity index (χ2n) is 10.8. The Hall–Kier alpha value is -3.87. The molecule has 14 heteroatoms. The highest BCUT2D eigenvalue weighted by Gasteiger charge is 2.36. The molecule has 2 amide bonds. The van der Waals surface area contributed by atoms with E-state index in [1.165, 1.54) is 24.1 Å². The van der Waals surface area contributed by atoms with E-state index in [-0.39, 0.29) is 40.5 Å². The summed E-state index contributed by atoms with van der Waals surface area (Å²) in [6.07, 6.45) is 4.56. The van der Waals surface area contributed by atoms with Crippen LogP contribution in [-0.4, -0.2) is 62.0 Å². The summed E-state index contributed by atoms with van der Waals surface area (Å²) >= 11 is 13.0. The number of hydrogen-bond acceptors (Lipinski definition) is 7. The van der Waals surface area contributed by atoms with Gasteiger partial charge in [0.15, 0.2) is 0 Å². The van der Waals surface area contributed by atoms with Crippen molar-refractivity contribution in [2.75, 3.05) is 24.2 Å². The molecule has 0 aliphatic heterocycles. The maximum atomic E-state index is 14.4. The molecule has 1 fully saturated rings. The van der Waals surface area contributed by atoms with Crippen molar-refractivity contribution in [2.24, 2.45) is 0 Å². The van der Waals surface area contributed by atoms with Gasteiger partial charge in [-0.05, 0) is 36.6 Å². The van der Waals surface area contributed by atoms with Gasteiger partial charge in [0.2, 0.25) is 21.8 Å². The van der Waals surface area contributed by atoms with E-state index in [9.17, 15) is 28.1 Å². The summed E-state index contributed by atoms with van der Waals surface area (Å²) in [7, 11) is -2.92. The number of carbonyl (C=O) groups excluding carboxylic acids is 2. The largest absolute Gasteiger partial charge is 0.495 e. The monoisotopic (exact) mass is 676 g/mol. The molecule has 45 heavy (non-hydrogen) atoms. The fraction of sp³-hybridized carbons (Fsp3) is 0.355. The van der Waals surface area contributed by atoms with E-state index in [0.29, 0.717) is 5.56 Å². The molecule has 0 bridgehead atoms. The SMILES string of the molecule is COc1ccc([N+](=O)[O-])cc1N(CC(=O)N(Cc1c(Cl)cccc1Cl)[C@H](Cc1ccccc1)C(=O)NC1CCCC1)S(C)(=O)=O. The van der Waals surface area contributed by atoms with Crippen LogP contribution in [-0.2, 0) is 32.6 Å². The first-order chi connectivity index (χ1) is 21.4. The molecular formula is C31H34Cl2N4O7S. The number of methoxy groups -OCH3 is 1. The zero-order valence-corrected chi connectivity index (χ0v) is 27.1. The molecule has 1 aliphatic carbocycles. The third-order valence-electron chi connectivity index (χ3n) is 7.68. The Morgan fingerprint density at radius 3 is 2.27 bits per heavy atom. The topological polar surface area (TPSA) is 139 Å². The quantitative estimate of drug-likeness (QED) is 0.190. The van der Waals surface area contributed by atoms with Crippen LogP contribution >= 0.6 is 23.2 Å². The Kier molecular flexibility index (Phi) is 11.3. The molecule has 0 saturated heterocycles. The maximum absolute atomic E-state index is 14.4. The summed E-state index contributed by atoms with van der Waals surface area (Å²) in [6, 6.07) is 16.3. The van der Waals surface area contributed by atoms with Crippen LogP contribution in [0.3, 0.4) is 0 Å². The molecule has 1 saturated carbocycles. The Bertz CT molecular complexity index is 1630. The number of rotatable bonds is 13. The summed E-state index contributed by atoms with van der Waals surface area (Å²) in [5.74, 6) is -1.16. The second-order valence-corrected chi connectivity index (χ2v) is 13.5. The third kappa shape index (κ3) is 8.65. The minimum Gasteiger partial charge on any atom is -0.495 e. The average Bonchev–Trinajstić information content (AvgIpc) is 3.51. The van der Waals surface area contributed by atoms with Gasteiger partial charge in [-0.25, -0.2) is 8.42 Å². The smallest absolute Gasteiger partial charge is 0.271 e. The number of anilines is 1. The van der Waals surface area contributed by atoms with Gasteiger partial charge >= 0.3 is 0 Å². The Balaban J connectivity index is 1.81. The van der Waals surface area contributed by atoms with Crippen LogP contribution in [0.2, 0.25) is 10.0 Å². The van der Waals surface area contributed by atoms with Gasteiger partial charge in [-0.3, -0.25) is 24.0 Å². The fourth-order valence-corrected chi connectivity index (χ4v) is 6.72. The van der Waals surface area contributed by atoms with Crippen molar-refractivity contribution in [1.82, 2.24) is 10.2 Å². The first kappa shape index (κ1) is 34.0. The lowest BCUT2D eigenvalue weighted by Gasteiger charge is -2.34. The van der Waals surface area contributed by atoms with Crippen molar-refractivity contribution in [2.45, 2.75) is 50.7 Å². The molecule has 0 spiro atoms. The predicted molar refractivity (Wildman–Crippen MR) is 173 cm³/mol. The number of nitrogens with zero attached hydrogens (tertiary/aromatic N) is 3. The molecule has 0 unspecified atom stereocenters. The molecule has 3 aromatic carbocycles. The second kappa shape index (κ2) is 14.9. The number of non-ortho nitro benzene ring substituents is 1. The molecule has 0 heterocycles. The van der Waals surface area contributed by atoms with Crippen LogP contribution in [0.15, 0.2) is 66.7 Å². The highest BCUT2D eigenvalue weighted by Crippen LogP contribution is 2.34. The number of benzene rings is 3. The minimum absolute atomic E-state index is 0.000615. The number of hydrogen-bond donors (Lipinski definition) is 1. The van der Waals surface area contributed by atoms with Crippen molar-refractivity contribution < 1.29 is 27.7 Å². The lowest BCUT2D eigenvalue weighted by atomic mass is 10.0. The lowest BCUT2D eigenvalue weighted by Crippen LogP contribution is -2.54. The van der Waals surface area contributed by atoms with Crippen molar-refractivity contribution in [1.29, 1.82) is 0 Å². The third-order valence-corrected chi connectivity index (χ3v) is 9.52.